The first-order chi connectivity index (χ1) is 9.54. The largest absolute Gasteiger partial charge is 0.477 e. The molecule has 2 rings (SSSR count). The molecule has 0 spiro atoms. The third kappa shape index (κ3) is 4.01. The van der Waals surface area contributed by atoms with Crippen molar-refractivity contribution in [3.8, 4) is 0 Å². The van der Waals surface area contributed by atoms with Crippen LogP contribution in [0.3, 0.4) is 0 Å². The van der Waals surface area contributed by atoms with Gasteiger partial charge in [-0.15, -0.1) is 11.3 Å². The molecule has 2 N–H and O–H groups in total. The number of hydrogen-bond donors (Lipinski definition) is 2. The van der Waals surface area contributed by atoms with E-state index in [4.69, 9.17) is 5.11 Å². The van der Waals surface area contributed by atoms with Crippen molar-refractivity contribution in [3.63, 3.8) is 0 Å². The number of pyridine rings is 1. The second kappa shape index (κ2) is 6.44. The first kappa shape index (κ1) is 14.4. The summed E-state index contributed by atoms with van der Waals surface area (Å²) in [6, 6.07) is 8.17. The van der Waals surface area contributed by atoms with Crippen molar-refractivity contribution in [2.24, 2.45) is 0 Å². The molecule has 0 aliphatic carbocycles. The van der Waals surface area contributed by atoms with Gasteiger partial charge in [-0.2, -0.15) is 0 Å². The molecule has 0 aromatic carbocycles. The number of amides is 1. The van der Waals surface area contributed by atoms with E-state index >= 15 is 0 Å². The van der Waals surface area contributed by atoms with Gasteiger partial charge in [-0.05, 0) is 46.3 Å². The predicted molar refractivity (Wildman–Crippen MR) is 80.9 cm³/mol. The van der Waals surface area contributed by atoms with Crippen LogP contribution in [0, 0.1) is 0 Å². The van der Waals surface area contributed by atoms with Crippen LogP contribution in [-0.2, 0) is 4.79 Å². The first-order valence-electron chi connectivity index (χ1n) is 5.49. The molecule has 0 aliphatic heterocycles. The van der Waals surface area contributed by atoms with Crippen LogP contribution < -0.4 is 5.32 Å². The van der Waals surface area contributed by atoms with Gasteiger partial charge in [0.15, 0.2) is 5.69 Å². The van der Waals surface area contributed by atoms with Crippen LogP contribution >= 0.6 is 27.3 Å². The summed E-state index contributed by atoms with van der Waals surface area (Å²) in [5, 5.41) is 11.3. The number of carboxylic acid groups (broad SMARTS) is 1. The Morgan fingerprint density at radius 1 is 1.30 bits per heavy atom. The molecule has 0 unspecified atom stereocenters. The quantitative estimate of drug-likeness (QED) is 0.827. The zero-order valence-corrected chi connectivity index (χ0v) is 12.4. The molecular weight excluding hydrogens is 344 g/mol. The highest BCUT2D eigenvalue weighted by atomic mass is 79.9. The molecule has 0 bridgehead atoms. The van der Waals surface area contributed by atoms with Gasteiger partial charge in [0.25, 0.3) is 0 Å². The summed E-state index contributed by atoms with van der Waals surface area (Å²) in [6.07, 6.45) is 3.04. The van der Waals surface area contributed by atoms with Crippen molar-refractivity contribution < 1.29 is 14.7 Å². The second-order valence-corrected chi connectivity index (χ2v) is 6.17. The molecule has 2 heterocycles. The third-order valence-electron chi connectivity index (χ3n) is 2.21. The molecule has 0 saturated carbocycles. The highest BCUT2D eigenvalue weighted by molar-refractivity contribution is 9.11. The van der Waals surface area contributed by atoms with Gasteiger partial charge >= 0.3 is 5.97 Å². The number of carboxylic acids is 1. The summed E-state index contributed by atoms with van der Waals surface area (Å²) in [5.74, 6) is -1.31. The number of aromatic nitrogens is 1. The fourth-order valence-electron chi connectivity index (χ4n) is 1.37. The highest BCUT2D eigenvalue weighted by Gasteiger charge is 2.06. The molecule has 0 saturated heterocycles. The van der Waals surface area contributed by atoms with Crippen molar-refractivity contribution in [2.45, 2.75) is 0 Å². The molecule has 102 valence electrons. The average molecular weight is 353 g/mol. The highest BCUT2D eigenvalue weighted by Crippen LogP contribution is 2.22. The predicted octanol–water partition coefficient (Wildman–Crippen LogP) is 3.26. The van der Waals surface area contributed by atoms with Gasteiger partial charge in [0.1, 0.15) is 5.82 Å². The van der Waals surface area contributed by atoms with Crippen LogP contribution in [0.15, 0.2) is 40.2 Å². The van der Waals surface area contributed by atoms with Gasteiger partial charge in [-0.1, -0.05) is 6.07 Å². The molecule has 0 aliphatic rings. The third-order valence-corrected chi connectivity index (χ3v) is 3.80. The lowest BCUT2D eigenvalue weighted by atomic mass is 10.3. The van der Waals surface area contributed by atoms with E-state index in [1.807, 2.05) is 12.1 Å². The van der Waals surface area contributed by atoms with E-state index < -0.39 is 5.97 Å². The van der Waals surface area contributed by atoms with Gasteiger partial charge in [-0.25, -0.2) is 9.78 Å². The van der Waals surface area contributed by atoms with Crippen molar-refractivity contribution in [1.29, 1.82) is 0 Å². The van der Waals surface area contributed by atoms with E-state index in [-0.39, 0.29) is 17.4 Å². The Kier molecular flexibility index (Phi) is 4.65. The van der Waals surface area contributed by atoms with Gasteiger partial charge in [0.05, 0.1) is 3.79 Å². The Bertz CT molecular complexity index is 682. The Hall–Kier alpha value is -1.99. The fourth-order valence-corrected chi connectivity index (χ4v) is 2.69. The molecule has 5 nitrogen and oxygen atoms in total. The van der Waals surface area contributed by atoms with Crippen LogP contribution in [-0.4, -0.2) is 22.0 Å². The maximum absolute atomic E-state index is 11.7. The van der Waals surface area contributed by atoms with E-state index in [2.05, 4.69) is 26.2 Å². The Balaban J connectivity index is 2.02. The Morgan fingerprint density at radius 2 is 2.10 bits per heavy atom. The number of anilines is 1. The van der Waals surface area contributed by atoms with Crippen molar-refractivity contribution in [1.82, 2.24) is 4.98 Å². The molecule has 7 heteroatoms. The maximum Gasteiger partial charge on any atom is 0.354 e. The van der Waals surface area contributed by atoms with Crippen LogP contribution in [0.2, 0.25) is 0 Å². The van der Waals surface area contributed by atoms with Gasteiger partial charge in [0.2, 0.25) is 5.91 Å². The standard InChI is InChI=1S/C13H9BrN2O3S/c14-10-6-4-8(20-10)5-7-12(17)16-11-3-1-2-9(15-11)13(18)19/h1-7H,(H,18,19)(H,15,16,17). The lowest BCUT2D eigenvalue weighted by Gasteiger charge is -2.01. The van der Waals surface area contributed by atoms with E-state index in [1.54, 1.807) is 6.08 Å². The molecular formula is C13H9BrN2O3S. The Labute approximate surface area is 127 Å². The van der Waals surface area contributed by atoms with Crippen LogP contribution in [0.4, 0.5) is 5.82 Å². The number of carbonyl (C=O) groups is 2. The summed E-state index contributed by atoms with van der Waals surface area (Å²) in [5.41, 5.74) is -0.117. The van der Waals surface area contributed by atoms with E-state index in [0.717, 1.165) is 8.66 Å². The number of nitrogens with zero attached hydrogens (tertiary/aromatic N) is 1. The molecule has 1 amide bonds. The number of nitrogens with one attached hydrogen (secondary N) is 1. The molecule has 0 atom stereocenters. The molecule has 2 aromatic heterocycles. The second-order valence-electron chi connectivity index (χ2n) is 3.68. The van der Waals surface area contributed by atoms with E-state index in [1.165, 1.54) is 35.6 Å². The first-order valence-corrected chi connectivity index (χ1v) is 7.10. The minimum absolute atomic E-state index is 0.117. The van der Waals surface area contributed by atoms with Crippen molar-refractivity contribution >= 4 is 51.0 Å². The smallest absolute Gasteiger partial charge is 0.354 e. The van der Waals surface area contributed by atoms with Gasteiger partial charge in [-0.3, -0.25) is 4.79 Å². The summed E-state index contributed by atoms with van der Waals surface area (Å²) in [4.78, 5) is 27.2. The molecule has 20 heavy (non-hydrogen) atoms. The van der Waals surface area contributed by atoms with Gasteiger partial charge in [0, 0.05) is 11.0 Å². The maximum atomic E-state index is 11.7. The fraction of sp³-hybridized carbons (Fsp3) is 0. The van der Waals surface area contributed by atoms with Gasteiger partial charge < -0.3 is 10.4 Å². The minimum Gasteiger partial charge on any atom is -0.477 e. The summed E-state index contributed by atoms with van der Waals surface area (Å²) in [6.45, 7) is 0. The lowest BCUT2D eigenvalue weighted by molar-refractivity contribution is -0.111. The van der Waals surface area contributed by atoms with Crippen LogP contribution in [0.5, 0.6) is 0 Å². The number of hydrogen-bond acceptors (Lipinski definition) is 4. The van der Waals surface area contributed by atoms with Crippen LogP contribution in [0.25, 0.3) is 6.08 Å². The molecule has 0 radical (unpaired) electrons. The summed E-state index contributed by atoms with van der Waals surface area (Å²) >= 11 is 4.83. The number of halogens is 1. The van der Waals surface area contributed by atoms with E-state index in [9.17, 15) is 9.59 Å². The SMILES string of the molecule is O=C(C=Cc1ccc(Br)s1)Nc1cccc(C(=O)O)n1. The number of aromatic carboxylic acids is 1. The number of carbonyl (C=O) groups excluding carboxylic acids is 1. The summed E-state index contributed by atoms with van der Waals surface area (Å²) in [7, 11) is 0. The topological polar surface area (TPSA) is 79.3 Å². The zero-order valence-electron chi connectivity index (χ0n) is 10.0. The normalized spacial score (nSPS) is 10.7. The van der Waals surface area contributed by atoms with Crippen LogP contribution in [0.1, 0.15) is 15.4 Å². The minimum atomic E-state index is -1.14. The number of thiophene rings is 1. The summed E-state index contributed by atoms with van der Waals surface area (Å²) < 4.78 is 0.980. The van der Waals surface area contributed by atoms with E-state index in [0.29, 0.717) is 0 Å². The monoisotopic (exact) mass is 352 g/mol. The Morgan fingerprint density at radius 3 is 2.75 bits per heavy atom. The van der Waals surface area contributed by atoms with Crippen molar-refractivity contribution in [2.75, 3.05) is 5.32 Å². The van der Waals surface area contributed by atoms with Crippen molar-refractivity contribution in [3.05, 3.63) is 50.8 Å². The average Bonchev–Trinajstić information content (AvgIpc) is 2.82. The molecule has 0 fully saturated rings. The lowest BCUT2D eigenvalue weighted by Crippen LogP contribution is -2.11. The zero-order chi connectivity index (χ0) is 14.5. The number of rotatable bonds is 4. The molecule has 2 aromatic rings.